The van der Waals surface area contributed by atoms with Gasteiger partial charge in [-0.25, -0.2) is 9.37 Å². The van der Waals surface area contributed by atoms with E-state index in [1.165, 1.54) is 12.1 Å². The van der Waals surface area contributed by atoms with E-state index in [0.717, 1.165) is 51.7 Å². The summed E-state index contributed by atoms with van der Waals surface area (Å²) in [6, 6.07) is 20.1. The predicted octanol–water partition coefficient (Wildman–Crippen LogP) is 6.12. The van der Waals surface area contributed by atoms with Crippen molar-refractivity contribution in [3.63, 3.8) is 0 Å². The highest BCUT2D eigenvalue weighted by Crippen LogP contribution is 2.31. The van der Waals surface area contributed by atoms with Crippen molar-refractivity contribution in [1.82, 2.24) is 14.5 Å². The lowest BCUT2D eigenvalue weighted by Gasteiger charge is -2.17. The number of likely N-dealkylation sites (tertiary alicyclic amines) is 1. The Kier molecular flexibility index (Phi) is 6.73. The molecule has 0 bridgehead atoms. The number of benzene rings is 3. The SMILES string of the molecule is Cc1cc(OCCCn2c(C3CC(=O)N(Cc4ccc(F)cc4)C3)nc3ccccc32)ccc1Cl. The van der Waals surface area contributed by atoms with Crippen LogP contribution in [0.3, 0.4) is 0 Å². The Morgan fingerprint density at radius 2 is 1.91 bits per heavy atom. The van der Waals surface area contributed by atoms with Gasteiger partial charge in [-0.15, -0.1) is 0 Å². The van der Waals surface area contributed by atoms with Crippen LogP contribution in [0.1, 0.15) is 35.7 Å². The van der Waals surface area contributed by atoms with Gasteiger partial charge in [0.15, 0.2) is 0 Å². The second kappa shape index (κ2) is 10.1. The van der Waals surface area contributed by atoms with Crippen LogP contribution < -0.4 is 4.74 Å². The molecule has 4 aromatic rings. The highest BCUT2D eigenvalue weighted by atomic mass is 35.5. The molecule has 0 saturated carbocycles. The smallest absolute Gasteiger partial charge is 0.223 e. The fourth-order valence-corrected chi connectivity index (χ4v) is 4.79. The summed E-state index contributed by atoms with van der Waals surface area (Å²) < 4.78 is 21.4. The summed E-state index contributed by atoms with van der Waals surface area (Å²) >= 11 is 6.11. The van der Waals surface area contributed by atoms with Crippen LogP contribution in [-0.2, 0) is 17.9 Å². The first kappa shape index (κ1) is 23.4. The zero-order valence-corrected chi connectivity index (χ0v) is 20.3. The third-order valence-corrected chi connectivity index (χ3v) is 6.90. The summed E-state index contributed by atoms with van der Waals surface area (Å²) in [5, 5.41) is 0.728. The quantitative estimate of drug-likeness (QED) is 0.279. The number of nitrogens with zero attached hydrogens (tertiary/aromatic N) is 3. The molecule has 1 fully saturated rings. The van der Waals surface area contributed by atoms with Crippen LogP contribution in [0.15, 0.2) is 66.7 Å². The minimum Gasteiger partial charge on any atom is -0.494 e. The number of halogens is 2. The molecule has 0 spiro atoms. The Bertz CT molecular complexity index is 1350. The normalized spacial score (nSPS) is 15.8. The predicted molar refractivity (Wildman–Crippen MR) is 135 cm³/mol. The van der Waals surface area contributed by atoms with Crippen LogP contribution in [0, 0.1) is 12.7 Å². The van der Waals surface area contributed by atoms with E-state index >= 15 is 0 Å². The number of rotatable bonds is 8. The maximum atomic E-state index is 13.3. The molecule has 0 radical (unpaired) electrons. The summed E-state index contributed by atoms with van der Waals surface area (Å²) in [5.74, 6) is 1.57. The summed E-state index contributed by atoms with van der Waals surface area (Å²) in [4.78, 5) is 19.6. The second-order valence-electron chi connectivity index (χ2n) is 9.03. The van der Waals surface area contributed by atoms with Crippen molar-refractivity contribution in [2.24, 2.45) is 0 Å². The van der Waals surface area contributed by atoms with Gasteiger partial charge in [0, 0.05) is 37.0 Å². The topological polar surface area (TPSA) is 47.4 Å². The molecule has 180 valence electrons. The van der Waals surface area contributed by atoms with Gasteiger partial charge >= 0.3 is 0 Å². The first-order chi connectivity index (χ1) is 17.0. The standard InChI is InChI=1S/C28H27ClFN3O2/c1-19-15-23(11-12-24(19)29)35-14-4-13-33-26-6-3-2-5-25(26)31-28(33)21-16-27(34)32(18-21)17-20-7-9-22(30)10-8-20/h2-3,5-12,15,21H,4,13-14,16-18H2,1H3. The maximum absolute atomic E-state index is 13.3. The van der Waals surface area contributed by atoms with Crippen molar-refractivity contribution >= 4 is 28.5 Å². The van der Waals surface area contributed by atoms with Gasteiger partial charge in [-0.3, -0.25) is 4.79 Å². The van der Waals surface area contributed by atoms with Gasteiger partial charge < -0.3 is 14.2 Å². The molecule has 0 N–H and O–H groups in total. The molecular formula is C28H27ClFN3O2. The van der Waals surface area contributed by atoms with E-state index in [1.807, 2.05) is 48.2 Å². The third-order valence-electron chi connectivity index (χ3n) is 6.47. The molecule has 3 aromatic carbocycles. The number of aryl methyl sites for hydroxylation is 2. The molecule has 1 aromatic heterocycles. The van der Waals surface area contributed by atoms with E-state index in [2.05, 4.69) is 10.6 Å². The number of aromatic nitrogens is 2. The van der Waals surface area contributed by atoms with E-state index in [9.17, 15) is 9.18 Å². The van der Waals surface area contributed by atoms with Gasteiger partial charge in [0.2, 0.25) is 5.91 Å². The fourth-order valence-electron chi connectivity index (χ4n) is 4.67. The molecule has 1 amide bonds. The number of para-hydroxylation sites is 2. The van der Waals surface area contributed by atoms with E-state index in [4.69, 9.17) is 21.3 Å². The van der Waals surface area contributed by atoms with Crippen molar-refractivity contribution in [3.8, 4) is 5.75 Å². The highest BCUT2D eigenvalue weighted by Gasteiger charge is 2.34. The van der Waals surface area contributed by atoms with Gasteiger partial charge in [0.1, 0.15) is 17.4 Å². The molecular weight excluding hydrogens is 465 g/mol. The zero-order chi connectivity index (χ0) is 24.4. The molecule has 1 saturated heterocycles. The average molecular weight is 492 g/mol. The lowest BCUT2D eigenvalue weighted by molar-refractivity contribution is -0.128. The van der Waals surface area contributed by atoms with Gasteiger partial charge in [0.05, 0.1) is 17.6 Å². The Morgan fingerprint density at radius 1 is 1.11 bits per heavy atom. The highest BCUT2D eigenvalue weighted by molar-refractivity contribution is 6.31. The number of carbonyl (C=O) groups is 1. The lowest BCUT2D eigenvalue weighted by Crippen LogP contribution is -2.24. The first-order valence-electron chi connectivity index (χ1n) is 11.8. The second-order valence-corrected chi connectivity index (χ2v) is 9.43. The maximum Gasteiger partial charge on any atom is 0.223 e. The van der Waals surface area contributed by atoms with Gasteiger partial charge in [-0.1, -0.05) is 35.9 Å². The molecule has 2 heterocycles. The van der Waals surface area contributed by atoms with Crippen LogP contribution in [0.2, 0.25) is 5.02 Å². The Labute approximate surface area is 209 Å². The number of fused-ring (bicyclic) bond motifs is 1. The first-order valence-corrected chi connectivity index (χ1v) is 12.2. The van der Waals surface area contributed by atoms with Crippen LogP contribution in [0.25, 0.3) is 11.0 Å². The Balaban J connectivity index is 1.29. The van der Waals surface area contributed by atoms with E-state index < -0.39 is 0 Å². The summed E-state index contributed by atoms with van der Waals surface area (Å²) in [6.07, 6.45) is 1.22. The van der Waals surface area contributed by atoms with Crippen LogP contribution >= 0.6 is 11.6 Å². The van der Waals surface area contributed by atoms with Crippen molar-refractivity contribution in [1.29, 1.82) is 0 Å². The van der Waals surface area contributed by atoms with E-state index in [0.29, 0.717) is 26.1 Å². The van der Waals surface area contributed by atoms with Crippen LogP contribution in [0.5, 0.6) is 5.75 Å². The molecule has 5 nitrogen and oxygen atoms in total. The van der Waals surface area contributed by atoms with E-state index in [1.54, 1.807) is 12.1 Å². The Morgan fingerprint density at radius 3 is 2.71 bits per heavy atom. The number of ether oxygens (including phenoxy) is 1. The van der Waals surface area contributed by atoms with Crippen molar-refractivity contribution in [2.75, 3.05) is 13.2 Å². The molecule has 1 atom stereocenters. The number of carbonyl (C=O) groups excluding carboxylic acids is 1. The van der Waals surface area contributed by atoms with E-state index in [-0.39, 0.29) is 17.6 Å². The lowest BCUT2D eigenvalue weighted by atomic mass is 10.1. The zero-order valence-electron chi connectivity index (χ0n) is 19.6. The molecule has 5 rings (SSSR count). The average Bonchev–Trinajstić information content (AvgIpc) is 3.40. The van der Waals surface area contributed by atoms with Gasteiger partial charge in [-0.05, 0) is 66.9 Å². The Hall–Kier alpha value is -3.38. The molecule has 0 aliphatic carbocycles. The van der Waals surface area contributed by atoms with Gasteiger partial charge in [-0.2, -0.15) is 0 Å². The molecule has 7 heteroatoms. The summed E-state index contributed by atoms with van der Waals surface area (Å²) in [5.41, 5.74) is 3.90. The van der Waals surface area contributed by atoms with Crippen molar-refractivity contribution < 1.29 is 13.9 Å². The molecule has 35 heavy (non-hydrogen) atoms. The number of hydrogen-bond donors (Lipinski definition) is 0. The summed E-state index contributed by atoms with van der Waals surface area (Å²) in [7, 11) is 0. The number of amides is 1. The summed E-state index contributed by atoms with van der Waals surface area (Å²) in [6.45, 7) is 4.34. The molecule has 1 aliphatic rings. The number of imidazole rings is 1. The minimum absolute atomic E-state index is 0.00943. The monoisotopic (exact) mass is 491 g/mol. The van der Waals surface area contributed by atoms with Gasteiger partial charge in [0.25, 0.3) is 0 Å². The third kappa shape index (κ3) is 5.17. The van der Waals surface area contributed by atoms with Crippen molar-refractivity contribution in [2.45, 2.75) is 38.8 Å². The van der Waals surface area contributed by atoms with Crippen LogP contribution in [-0.4, -0.2) is 33.5 Å². The van der Waals surface area contributed by atoms with Crippen molar-refractivity contribution in [3.05, 3.63) is 94.5 Å². The minimum atomic E-state index is -0.275. The molecule has 1 aliphatic heterocycles. The molecule has 1 unspecified atom stereocenters. The largest absolute Gasteiger partial charge is 0.494 e. The number of hydrogen-bond acceptors (Lipinski definition) is 3. The van der Waals surface area contributed by atoms with Crippen LogP contribution in [0.4, 0.5) is 4.39 Å². The fraction of sp³-hybridized carbons (Fsp3) is 0.286.